The third-order valence-corrected chi connectivity index (χ3v) is 4.14. The first-order valence-corrected chi connectivity index (χ1v) is 8.24. The summed E-state index contributed by atoms with van der Waals surface area (Å²) in [6.45, 7) is 2.51. The summed E-state index contributed by atoms with van der Waals surface area (Å²) in [6.07, 6.45) is 0.0839. The van der Waals surface area contributed by atoms with Crippen molar-refractivity contribution in [3.05, 3.63) is 35.1 Å². The van der Waals surface area contributed by atoms with Gasteiger partial charge in [0.2, 0.25) is 11.8 Å². The van der Waals surface area contributed by atoms with Crippen LogP contribution < -0.4 is 11.1 Å². The van der Waals surface area contributed by atoms with Crippen molar-refractivity contribution < 1.29 is 9.59 Å². The van der Waals surface area contributed by atoms with Crippen LogP contribution in [-0.2, 0) is 22.6 Å². The van der Waals surface area contributed by atoms with E-state index in [0.717, 1.165) is 0 Å². The molecule has 1 aromatic heterocycles. The molecule has 23 heavy (non-hydrogen) atoms. The van der Waals surface area contributed by atoms with E-state index < -0.39 is 5.91 Å². The number of hydrogen-bond acceptors (Lipinski definition) is 5. The first-order valence-electron chi connectivity index (χ1n) is 6.88. The molecule has 0 saturated carbocycles. The maximum atomic E-state index is 12.1. The SMILES string of the molecule is CCn1c(CC(=O)Nc2ccc(Cl)cc2)nnc1SCC(N)=O. The van der Waals surface area contributed by atoms with Crippen molar-refractivity contribution in [3.63, 3.8) is 0 Å². The number of nitrogens with zero attached hydrogens (tertiary/aromatic N) is 3. The van der Waals surface area contributed by atoms with Crippen LogP contribution in [0.1, 0.15) is 12.7 Å². The van der Waals surface area contributed by atoms with Crippen molar-refractivity contribution in [2.75, 3.05) is 11.1 Å². The topological polar surface area (TPSA) is 103 Å². The van der Waals surface area contributed by atoms with Gasteiger partial charge >= 0.3 is 0 Å². The lowest BCUT2D eigenvalue weighted by molar-refractivity contribution is -0.116. The smallest absolute Gasteiger partial charge is 0.232 e. The van der Waals surface area contributed by atoms with Gasteiger partial charge in [0.25, 0.3) is 0 Å². The maximum Gasteiger partial charge on any atom is 0.232 e. The van der Waals surface area contributed by atoms with E-state index in [1.807, 2.05) is 6.92 Å². The fourth-order valence-electron chi connectivity index (χ4n) is 1.89. The molecular weight excluding hydrogens is 338 g/mol. The number of benzene rings is 1. The molecule has 0 spiro atoms. The Morgan fingerprint density at radius 1 is 1.30 bits per heavy atom. The predicted molar refractivity (Wildman–Crippen MR) is 89.4 cm³/mol. The van der Waals surface area contributed by atoms with Crippen molar-refractivity contribution in [1.82, 2.24) is 14.8 Å². The molecule has 0 unspecified atom stereocenters. The number of halogens is 1. The van der Waals surface area contributed by atoms with Gasteiger partial charge in [-0.25, -0.2) is 0 Å². The molecule has 0 fully saturated rings. The zero-order valence-corrected chi connectivity index (χ0v) is 14.0. The highest BCUT2D eigenvalue weighted by molar-refractivity contribution is 7.99. The zero-order valence-electron chi connectivity index (χ0n) is 12.5. The zero-order chi connectivity index (χ0) is 16.8. The number of hydrogen-bond donors (Lipinski definition) is 2. The molecule has 2 amide bonds. The molecule has 1 heterocycles. The van der Waals surface area contributed by atoms with Gasteiger partial charge in [0, 0.05) is 17.3 Å². The van der Waals surface area contributed by atoms with Crippen molar-refractivity contribution in [2.45, 2.75) is 25.0 Å². The van der Waals surface area contributed by atoms with Gasteiger partial charge in [-0.1, -0.05) is 23.4 Å². The van der Waals surface area contributed by atoms with Crippen LogP contribution in [0.4, 0.5) is 5.69 Å². The molecule has 0 aliphatic carbocycles. The molecule has 122 valence electrons. The number of carbonyl (C=O) groups excluding carboxylic acids is 2. The van der Waals surface area contributed by atoms with E-state index >= 15 is 0 Å². The van der Waals surface area contributed by atoms with E-state index in [0.29, 0.717) is 28.2 Å². The monoisotopic (exact) mass is 353 g/mol. The Balaban J connectivity index is 2.02. The standard InChI is InChI=1S/C14H16ClN5O2S/c1-2-20-12(18-19-14(20)23-8-11(16)21)7-13(22)17-10-5-3-9(15)4-6-10/h3-6H,2,7-8H2,1H3,(H2,16,21)(H,17,22). The Morgan fingerprint density at radius 2 is 2.00 bits per heavy atom. The normalized spacial score (nSPS) is 10.5. The van der Waals surface area contributed by atoms with E-state index in [2.05, 4.69) is 15.5 Å². The number of anilines is 1. The van der Waals surface area contributed by atoms with E-state index in [1.165, 1.54) is 11.8 Å². The van der Waals surface area contributed by atoms with Crippen molar-refractivity contribution in [1.29, 1.82) is 0 Å². The van der Waals surface area contributed by atoms with Crippen LogP contribution >= 0.6 is 23.4 Å². The molecule has 0 bridgehead atoms. The Morgan fingerprint density at radius 3 is 2.61 bits per heavy atom. The van der Waals surface area contributed by atoms with Crippen LogP contribution in [0.2, 0.25) is 5.02 Å². The number of aromatic nitrogens is 3. The highest BCUT2D eigenvalue weighted by atomic mass is 35.5. The average Bonchev–Trinajstić information content (AvgIpc) is 2.89. The first kappa shape index (κ1) is 17.3. The molecule has 0 radical (unpaired) electrons. The molecular formula is C14H16ClN5O2S. The summed E-state index contributed by atoms with van der Waals surface area (Å²) in [7, 11) is 0. The molecule has 0 aliphatic heterocycles. The third kappa shape index (κ3) is 4.97. The summed E-state index contributed by atoms with van der Waals surface area (Å²) in [5, 5.41) is 12.0. The molecule has 9 heteroatoms. The Bertz CT molecular complexity index is 702. The lowest BCUT2D eigenvalue weighted by Crippen LogP contribution is -2.18. The molecule has 0 atom stereocenters. The van der Waals surface area contributed by atoms with Crippen LogP contribution in [0, 0.1) is 0 Å². The van der Waals surface area contributed by atoms with E-state index in [4.69, 9.17) is 17.3 Å². The van der Waals surface area contributed by atoms with Gasteiger partial charge in [-0.05, 0) is 31.2 Å². The van der Waals surface area contributed by atoms with E-state index in [1.54, 1.807) is 28.8 Å². The Hall–Kier alpha value is -2.06. The summed E-state index contributed by atoms with van der Waals surface area (Å²) in [5.41, 5.74) is 5.78. The number of nitrogens with one attached hydrogen (secondary N) is 1. The number of primary amides is 1. The molecule has 0 saturated heterocycles. The molecule has 0 aliphatic rings. The minimum absolute atomic E-state index is 0.0839. The molecule has 2 aromatic rings. The van der Waals surface area contributed by atoms with Crippen LogP contribution in [0.3, 0.4) is 0 Å². The average molecular weight is 354 g/mol. The number of amides is 2. The summed E-state index contributed by atoms with van der Waals surface area (Å²) >= 11 is 7.00. The highest BCUT2D eigenvalue weighted by Crippen LogP contribution is 2.17. The number of nitrogens with two attached hydrogens (primary N) is 1. The van der Waals surface area contributed by atoms with E-state index in [-0.39, 0.29) is 18.1 Å². The van der Waals surface area contributed by atoms with Crippen molar-refractivity contribution >= 4 is 40.9 Å². The summed E-state index contributed by atoms with van der Waals surface area (Å²) in [4.78, 5) is 23.0. The largest absolute Gasteiger partial charge is 0.369 e. The highest BCUT2D eigenvalue weighted by Gasteiger charge is 2.15. The third-order valence-electron chi connectivity index (χ3n) is 2.90. The minimum Gasteiger partial charge on any atom is -0.369 e. The fourth-order valence-corrected chi connectivity index (χ4v) is 2.78. The summed E-state index contributed by atoms with van der Waals surface area (Å²) < 4.78 is 1.79. The number of rotatable bonds is 7. The lowest BCUT2D eigenvalue weighted by Gasteiger charge is -2.07. The van der Waals surface area contributed by atoms with Gasteiger partial charge in [0.1, 0.15) is 5.82 Å². The second-order valence-electron chi connectivity index (χ2n) is 4.63. The van der Waals surface area contributed by atoms with Gasteiger partial charge in [-0.15, -0.1) is 10.2 Å². The van der Waals surface area contributed by atoms with Crippen molar-refractivity contribution in [3.8, 4) is 0 Å². The molecule has 2 rings (SSSR count). The number of thioether (sulfide) groups is 1. The number of carbonyl (C=O) groups is 2. The first-order chi connectivity index (χ1) is 11.0. The summed E-state index contributed by atoms with van der Waals surface area (Å²) in [5.74, 6) is 0.0178. The van der Waals surface area contributed by atoms with Crippen LogP contribution in [0.5, 0.6) is 0 Å². The molecule has 1 aromatic carbocycles. The maximum absolute atomic E-state index is 12.1. The van der Waals surface area contributed by atoms with Crippen molar-refractivity contribution in [2.24, 2.45) is 5.73 Å². The Kier molecular flexibility index (Phi) is 6.00. The quantitative estimate of drug-likeness (QED) is 0.737. The molecule has 3 N–H and O–H groups in total. The second-order valence-corrected chi connectivity index (χ2v) is 6.01. The van der Waals surface area contributed by atoms with E-state index in [9.17, 15) is 9.59 Å². The van der Waals surface area contributed by atoms with Gasteiger partial charge in [-0.2, -0.15) is 0 Å². The Labute approximate surface area is 142 Å². The van der Waals surface area contributed by atoms with Crippen LogP contribution in [0.25, 0.3) is 0 Å². The van der Waals surface area contributed by atoms with Gasteiger partial charge in [-0.3, -0.25) is 9.59 Å². The van der Waals surface area contributed by atoms with Gasteiger partial charge in [0.05, 0.1) is 12.2 Å². The van der Waals surface area contributed by atoms with Gasteiger partial charge < -0.3 is 15.6 Å². The molecule has 7 nitrogen and oxygen atoms in total. The fraction of sp³-hybridized carbons (Fsp3) is 0.286. The van der Waals surface area contributed by atoms with Crippen LogP contribution in [0.15, 0.2) is 29.4 Å². The predicted octanol–water partition coefficient (Wildman–Crippen LogP) is 1.71. The second kappa shape index (κ2) is 7.98. The van der Waals surface area contributed by atoms with Gasteiger partial charge in [0.15, 0.2) is 5.16 Å². The summed E-state index contributed by atoms with van der Waals surface area (Å²) in [6, 6.07) is 6.84. The minimum atomic E-state index is -0.428. The lowest BCUT2D eigenvalue weighted by atomic mass is 10.3. The van der Waals surface area contributed by atoms with Crippen LogP contribution in [-0.4, -0.2) is 32.3 Å².